The molecule has 0 unspecified atom stereocenters. The fraction of sp³-hybridized carbons (Fsp3) is 0.370. The van der Waals surface area contributed by atoms with Crippen molar-refractivity contribution >= 4 is 32.6 Å². The van der Waals surface area contributed by atoms with Gasteiger partial charge in [0, 0.05) is 35.7 Å². The molecule has 1 saturated carbocycles. The second-order valence-corrected chi connectivity index (χ2v) is 10.9. The first kappa shape index (κ1) is 26.5. The molecule has 1 aliphatic heterocycles. The summed E-state index contributed by atoms with van der Waals surface area (Å²) in [7, 11) is 0. The van der Waals surface area contributed by atoms with Crippen molar-refractivity contribution < 1.29 is 36.4 Å². The van der Waals surface area contributed by atoms with Gasteiger partial charge in [-0.3, -0.25) is 4.79 Å². The lowest BCUT2D eigenvalue weighted by Gasteiger charge is -2.31. The number of thiazole rings is 1. The quantitative estimate of drug-likeness (QED) is 0.251. The van der Waals surface area contributed by atoms with Gasteiger partial charge in [0.15, 0.2) is 10.9 Å². The molecule has 0 bridgehead atoms. The molecule has 2 fully saturated rings. The number of halogens is 4. The molecule has 1 saturated heterocycles. The summed E-state index contributed by atoms with van der Waals surface area (Å²) in [5.41, 5.74) is 6.70. The van der Waals surface area contributed by atoms with Crippen molar-refractivity contribution in [2.75, 3.05) is 18.0 Å². The number of hydrogen-bond donors (Lipinski definition) is 1. The van der Waals surface area contributed by atoms with Gasteiger partial charge in [-0.2, -0.15) is 0 Å². The van der Waals surface area contributed by atoms with E-state index in [0.717, 1.165) is 18.9 Å². The highest BCUT2D eigenvalue weighted by Gasteiger charge is 2.36. The number of amides is 1. The number of aromatic nitrogens is 2. The largest absolute Gasteiger partial charge is 0.573 e. The SMILES string of the molecule is NC(=O)c1cc(F)c2nc(N3CCC(OCc4c(-c5ccccc5OC(F)(F)F)noc4C4CC4)CC3)sc2c1. The van der Waals surface area contributed by atoms with Crippen molar-refractivity contribution in [2.45, 2.75) is 50.7 Å². The lowest BCUT2D eigenvalue weighted by Crippen LogP contribution is -2.37. The molecule has 13 heteroatoms. The van der Waals surface area contributed by atoms with Gasteiger partial charge in [-0.25, -0.2) is 9.37 Å². The van der Waals surface area contributed by atoms with E-state index in [2.05, 4.69) is 14.9 Å². The van der Waals surface area contributed by atoms with Crippen LogP contribution in [0.15, 0.2) is 40.9 Å². The zero-order chi connectivity index (χ0) is 28.0. The second-order valence-electron chi connectivity index (χ2n) is 9.86. The standard InChI is InChI=1S/C27H24F4N4O4S/c28-19-11-15(25(32)36)12-21-23(19)33-26(40-21)35-9-7-16(8-10-35)37-13-18-22(34-39-24(18)14-5-6-14)17-3-1-2-4-20(17)38-27(29,30)31/h1-4,11-12,14,16H,5-10,13H2,(H2,32,36). The molecule has 2 N–H and O–H groups in total. The van der Waals surface area contributed by atoms with Crippen LogP contribution in [0.1, 0.15) is 53.3 Å². The van der Waals surface area contributed by atoms with Crippen LogP contribution >= 0.6 is 11.3 Å². The summed E-state index contributed by atoms with van der Waals surface area (Å²) in [5.74, 6) is -0.834. The van der Waals surface area contributed by atoms with E-state index >= 15 is 0 Å². The minimum absolute atomic E-state index is 0.0959. The fourth-order valence-corrected chi connectivity index (χ4v) is 5.96. The molecule has 2 aromatic heterocycles. The molecule has 6 rings (SSSR count). The zero-order valence-corrected chi connectivity index (χ0v) is 21.9. The third-order valence-electron chi connectivity index (χ3n) is 7.03. The number of carbonyl (C=O) groups excluding carboxylic acids is 1. The average Bonchev–Trinajstić information content (AvgIpc) is 3.52. The summed E-state index contributed by atoms with van der Waals surface area (Å²) >= 11 is 1.29. The van der Waals surface area contributed by atoms with Crippen molar-refractivity contribution in [1.82, 2.24) is 10.1 Å². The summed E-state index contributed by atoms with van der Waals surface area (Å²) in [5, 5.41) is 4.77. The monoisotopic (exact) mass is 576 g/mol. The van der Waals surface area contributed by atoms with Crippen LogP contribution in [0.3, 0.4) is 0 Å². The Morgan fingerprint density at radius 2 is 1.90 bits per heavy atom. The van der Waals surface area contributed by atoms with Crippen LogP contribution in [0.4, 0.5) is 22.7 Å². The second kappa shape index (κ2) is 10.4. The van der Waals surface area contributed by atoms with Gasteiger partial charge in [0.05, 0.1) is 17.4 Å². The number of carbonyl (C=O) groups is 1. The number of nitrogens with zero attached hydrogens (tertiary/aromatic N) is 3. The Bertz CT molecular complexity index is 1560. The first-order valence-corrected chi connectivity index (χ1v) is 13.6. The first-order chi connectivity index (χ1) is 19.2. The maximum Gasteiger partial charge on any atom is 0.573 e. The Morgan fingerprint density at radius 1 is 1.15 bits per heavy atom. The topological polar surface area (TPSA) is 104 Å². The Morgan fingerprint density at radius 3 is 2.60 bits per heavy atom. The predicted octanol–water partition coefficient (Wildman–Crippen LogP) is 6.15. The Balaban J connectivity index is 1.15. The molecular weight excluding hydrogens is 552 g/mol. The molecule has 8 nitrogen and oxygen atoms in total. The number of piperidine rings is 1. The first-order valence-electron chi connectivity index (χ1n) is 12.8. The normalized spacial score (nSPS) is 16.6. The lowest BCUT2D eigenvalue weighted by molar-refractivity contribution is -0.274. The van der Waals surface area contributed by atoms with Crippen molar-refractivity contribution in [3.63, 3.8) is 0 Å². The highest BCUT2D eigenvalue weighted by atomic mass is 32.1. The van der Waals surface area contributed by atoms with E-state index in [0.29, 0.717) is 47.1 Å². The lowest BCUT2D eigenvalue weighted by atomic mass is 10.0. The van der Waals surface area contributed by atoms with Crippen LogP contribution in [-0.4, -0.2) is 41.6 Å². The Hall–Kier alpha value is -3.71. The van der Waals surface area contributed by atoms with Crippen LogP contribution < -0.4 is 15.4 Å². The van der Waals surface area contributed by atoms with Gasteiger partial charge in [0.2, 0.25) is 5.91 Å². The molecule has 2 aliphatic rings. The minimum atomic E-state index is -4.84. The van der Waals surface area contributed by atoms with Crippen LogP contribution in [0.2, 0.25) is 0 Å². The average molecular weight is 577 g/mol. The summed E-state index contributed by atoms with van der Waals surface area (Å²) in [6, 6.07) is 8.49. The number of fused-ring (bicyclic) bond motifs is 1. The van der Waals surface area contributed by atoms with Gasteiger partial charge in [0.1, 0.15) is 22.7 Å². The number of ether oxygens (including phenoxy) is 2. The number of anilines is 1. The van der Waals surface area contributed by atoms with Crippen LogP contribution in [-0.2, 0) is 11.3 Å². The Kier molecular flexibility index (Phi) is 6.87. The Labute approximate surface area is 229 Å². The van der Waals surface area contributed by atoms with Gasteiger partial charge in [-0.05, 0) is 49.9 Å². The molecule has 0 atom stereocenters. The van der Waals surface area contributed by atoms with E-state index in [1.54, 1.807) is 12.1 Å². The number of alkyl halides is 3. The summed E-state index contributed by atoms with van der Waals surface area (Å²) < 4.78 is 70.1. The summed E-state index contributed by atoms with van der Waals surface area (Å²) in [4.78, 5) is 17.9. The molecule has 3 heterocycles. The zero-order valence-electron chi connectivity index (χ0n) is 21.0. The van der Waals surface area contributed by atoms with E-state index in [1.807, 2.05) is 4.90 Å². The van der Waals surface area contributed by atoms with E-state index < -0.39 is 18.1 Å². The molecule has 1 aliphatic carbocycles. The van der Waals surface area contributed by atoms with Crippen molar-refractivity contribution in [3.8, 4) is 17.0 Å². The van der Waals surface area contributed by atoms with Crippen LogP contribution in [0.25, 0.3) is 21.5 Å². The number of benzene rings is 2. The molecule has 1 amide bonds. The van der Waals surface area contributed by atoms with Crippen molar-refractivity contribution in [2.24, 2.45) is 5.73 Å². The van der Waals surface area contributed by atoms with Crippen molar-refractivity contribution in [3.05, 3.63) is 59.1 Å². The van der Waals surface area contributed by atoms with Crippen LogP contribution in [0.5, 0.6) is 5.75 Å². The molecule has 0 radical (unpaired) electrons. The minimum Gasteiger partial charge on any atom is -0.405 e. The number of nitrogens with two attached hydrogens (primary N) is 1. The molecule has 4 aromatic rings. The number of rotatable bonds is 8. The molecule has 210 valence electrons. The van der Waals surface area contributed by atoms with Gasteiger partial charge >= 0.3 is 6.36 Å². The van der Waals surface area contributed by atoms with Crippen LogP contribution in [0, 0.1) is 5.82 Å². The van der Waals surface area contributed by atoms with Gasteiger partial charge in [0.25, 0.3) is 0 Å². The highest BCUT2D eigenvalue weighted by molar-refractivity contribution is 7.22. The van der Waals surface area contributed by atoms with E-state index in [4.69, 9.17) is 15.0 Å². The third kappa shape index (κ3) is 5.48. The van der Waals surface area contributed by atoms with Gasteiger partial charge in [-0.15, -0.1) is 13.2 Å². The van der Waals surface area contributed by atoms with E-state index in [9.17, 15) is 22.4 Å². The number of primary amides is 1. The summed E-state index contributed by atoms with van der Waals surface area (Å²) in [6.07, 6.45) is -1.78. The predicted molar refractivity (Wildman–Crippen MR) is 139 cm³/mol. The molecule has 40 heavy (non-hydrogen) atoms. The highest BCUT2D eigenvalue weighted by Crippen LogP contribution is 2.46. The van der Waals surface area contributed by atoms with Gasteiger partial charge in [-0.1, -0.05) is 28.6 Å². The summed E-state index contributed by atoms with van der Waals surface area (Å²) in [6.45, 7) is 1.37. The maximum absolute atomic E-state index is 14.5. The van der Waals surface area contributed by atoms with E-state index in [1.165, 1.54) is 29.5 Å². The molecule has 2 aromatic carbocycles. The third-order valence-corrected chi connectivity index (χ3v) is 8.10. The van der Waals surface area contributed by atoms with Crippen molar-refractivity contribution in [1.29, 1.82) is 0 Å². The van der Waals surface area contributed by atoms with E-state index in [-0.39, 0.29) is 46.7 Å². The van der Waals surface area contributed by atoms with Gasteiger partial charge < -0.3 is 24.6 Å². The smallest absolute Gasteiger partial charge is 0.405 e. The maximum atomic E-state index is 14.5. The molecule has 0 spiro atoms. The number of para-hydroxylation sites is 1. The molecular formula is C27H24F4N4O4S. The number of hydrogen-bond acceptors (Lipinski definition) is 8. The fourth-order valence-electron chi connectivity index (χ4n) is 4.88.